The van der Waals surface area contributed by atoms with Crippen LogP contribution >= 0.6 is 0 Å². The lowest BCUT2D eigenvalue weighted by molar-refractivity contribution is -0.111. The van der Waals surface area contributed by atoms with Gasteiger partial charge in [-0.25, -0.2) is 4.39 Å². The van der Waals surface area contributed by atoms with E-state index in [1.165, 1.54) is 12.1 Å². The maximum atomic E-state index is 14.1. The molecule has 0 atom stereocenters. The molecule has 2 heterocycles. The molecule has 8 nitrogen and oxygen atoms in total. The van der Waals surface area contributed by atoms with Gasteiger partial charge in [-0.15, -0.1) is 0 Å². The van der Waals surface area contributed by atoms with Crippen LogP contribution in [-0.2, 0) is 11.3 Å². The van der Waals surface area contributed by atoms with Gasteiger partial charge < -0.3 is 15.6 Å². The quantitative estimate of drug-likeness (QED) is 0.317. The van der Waals surface area contributed by atoms with Crippen LogP contribution in [0.15, 0.2) is 60.0 Å². The number of halogens is 1. The second kappa shape index (κ2) is 10.2. The minimum atomic E-state index is -0.520. The summed E-state index contributed by atoms with van der Waals surface area (Å²) in [5.74, 6) is -1.40. The Balaban J connectivity index is 1.82. The van der Waals surface area contributed by atoms with E-state index in [1.807, 2.05) is 32.9 Å². The van der Waals surface area contributed by atoms with Crippen molar-refractivity contribution in [2.75, 3.05) is 5.32 Å². The van der Waals surface area contributed by atoms with Gasteiger partial charge in [0.1, 0.15) is 5.82 Å². The van der Waals surface area contributed by atoms with Gasteiger partial charge in [0, 0.05) is 34.8 Å². The van der Waals surface area contributed by atoms with Crippen molar-refractivity contribution in [2.45, 2.75) is 40.3 Å². The first-order valence-corrected chi connectivity index (χ1v) is 11.8. The van der Waals surface area contributed by atoms with E-state index in [9.17, 15) is 18.8 Å². The smallest absolute Gasteiger partial charge is 0.253 e. The first-order chi connectivity index (χ1) is 17.6. The molecule has 0 unspecified atom stereocenters. The summed E-state index contributed by atoms with van der Waals surface area (Å²) in [7, 11) is 0. The maximum Gasteiger partial charge on any atom is 0.253 e. The average molecular weight is 502 g/mol. The van der Waals surface area contributed by atoms with Crippen LogP contribution in [0.1, 0.15) is 47.1 Å². The minimum absolute atomic E-state index is 0.00517. The number of nitrogens with zero attached hydrogens (tertiary/aromatic N) is 2. The number of hydrogen-bond donors (Lipinski definition) is 3. The Kier molecular flexibility index (Phi) is 7.06. The molecule has 4 aromatic rings. The van der Waals surface area contributed by atoms with Crippen molar-refractivity contribution in [1.29, 1.82) is 0 Å². The van der Waals surface area contributed by atoms with Gasteiger partial charge in [0.05, 0.1) is 23.0 Å². The molecule has 37 heavy (non-hydrogen) atoms. The fourth-order valence-corrected chi connectivity index (χ4v) is 4.32. The van der Waals surface area contributed by atoms with Crippen molar-refractivity contribution in [3.8, 4) is 11.1 Å². The van der Waals surface area contributed by atoms with Gasteiger partial charge >= 0.3 is 0 Å². The second-order valence-corrected chi connectivity index (χ2v) is 9.15. The molecular weight excluding hydrogens is 473 g/mol. The summed E-state index contributed by atoms with van der Waals surface area (Å²) in [5, 5.41) is 10.6. The number of rotatable bonds is 7. The van der Waals surface area contributed by atoms with E-state index in [0.29, 0.717) is 33.2 Å². The number of amides is 2. The van der Waals surface area contributed by atoms with Crippen molar-refractivity contribution < 1.29 is 14.0 Å². The number of aryl methyl sites for hydroxylation is 2. The summed E-state index contributed by atoms with van der Waals surface area (Å²) in [4.78, 5) is 40.6. The molecule has 0 bridgehead atoms. The molecule has 2 amide bonds. The molecule has 0 radical (unpaired) electrons. The number of nitrogens with one attached hydrogen (secondary N) is 3. The van der Waals surface area contributed by atoms with Crippen LogP contribution in [0.4, 0.5) is 10.1 Å². The van der Waals surface area contributed by atoms with Gasteiger partial charge in [-0.2, -0.15) is 5.10 Å². The van der Waals surface area contributed by atoms with E-state index < -0.39 is 17.6 Å². The lowest BCUT2D eigenvalue weighted by atomic mass is 9.98. The molecule has 0 spiro atoms. The lowest BCUT2D eigenvalue weighted by Crippen LogP contribution is -2.28. The molecule has 2 aromatic carbocycles. The number of carbonyl (C=O) groups excluding carboxylic acids is 2. The molecule has 0 aliphatic heterocycles. The fourth-order valence-electron chi connectivity index (χ4n) is 4.32. The van der Waals surface area contributed by atoms with E-state index >= 15 is 0 Å². The number of hydrogen-bond acceptors (Lipinski definition) is 4. The van der Waals surface area contributed by atoms with Crippen molar-refractivity contribution in [2.24, 2.45) is 0 Å². The third-order valence-corrected chi connectivity index (χ3v) is 6.11. The molecule has 3 N–H and O–H groups in total. The second-order valence-electron chi connectivity index (χ2n) is 9.15. The summed E-state index contributed by atoms with van der Waals surface area (Å²) < 4.78 is 15.9. The van der Waals surface area contributed by atoms with Gasteiger partial charge in [0.15, 0.2) is 0 Å². The van der Waals surface area contributed by atoms with Crippen LogP contribution in [0.25, 0.3) is 22.0 Å². The first-order valence-electron chi connectivity index (χ1n) is 11.8. The Bertz CT molecular complexity index is 1600. The molecule has 0 saturated carbocycles. The standard InChI is InChI=1S/C28H28FN5O3/c1-6-26(35)33-24-12-19(29)7-8-20(24)18-10-21(23-14-31-34(15(2)3)25(23)11-18)27(36)30-13-22-16(4)9-17(5)32-28(22)37/h6-12,14-15H,1,13H2,2-5H3,(H,30,36)(H,32,37)(H,33,35). The Morgan fingerprint density at radius 1 is 1.19 bits per heavy atom. The van der Waals surface area contributed by atoms with Crippen LogP contribution in [0.2, 0.25) is 0 Å². The molecule has 2 aromatic heterocycles. The molecule has 0 aliphatic carbocycles. The summed E-state index contributed by atoms with van der Waals surface area (Å²) in [6, 6.07) is 9.43. The van der Waals surface area contributed by atoms with Crippen LogP contribution in [0, 0.1) is 19.7 Å². The Morgan fingerprint density at radius 2 is 1.95 bits per heavy atom. The summed E-state index contributed by atoms with van der Waals surface area (Å²) in [6.45, 7) is 11.1. The molecular formula is C28H28FN5O3. The van der Waals surface area contributed by atoms with Crippen molar-refractivity contribution in [1.82, 2.24) is 20.1 Å². The first kappa shape index (κ1) is 25.6. The number of aromatic amines is 1. The number of pyridine rings is 1. The molecule has 0 saturated heterocycles. The largest absolute Gasteiger partial charge is 0.348 e. The van der Waals surface area contributed by atoms with Crippen molar-refractivity contribution >= 4 is 28.4 Å². The highest BCUT2D eigenvalue weighted by atomic mass is 19.1. The molecule has 9 heteroatoms. The van der Waals surface area contributed by atoms with Crippen LogP contribution in [0.5, 0.6) is 0 Å². The maximum absolute atomic E-state index is 14.1. The van der Waals surface area contributed by atoms with Crippen LogP contribution in [-0.4, -0.2) is 26.6 Å². The highest BCUT2D eigenvalue weighted by molar-refractivity contribution is 6.09. The number of aromatic nitrogens is 3. The monoisotopic (exact) mass is 501 g/mol. The third-order valence-electron chi connectivity index (χ3n) is 6.11. The van der Waals surface area contributed by atoms with E-state index in [2.05, 4.69) is 27.3 Å². The van der Waals surface area contributed by atoms with E-state index in [0.717, 1.165) is 17.3 Å². The van der Waals surface area contributed by atoms with Crippen molar-refractivity contribution in [3.63, 3.8) is 0 Å². The van der Waals surface area contributed by atoms with Crippen molar-refractivity contribution in [3.05, 3.63) is 93.8 Å². The molecule has 0 fully saturated rings. The van der Waals surface area contributed by atoms with E-state index in [4.69, 9.17) is 0 Å². The van der Waals surface area contributed by atoms with E-state index in [-0.39, 0.29) is 23.8 Å². The summed E-state index contributed by atoms with van der Waals surface area (Å²) in [6.07, 6.45) is 2.72. The van der Waals surface area contributed by atoms with Gasteiger partial charge in [-0.3, -0.25) is 19.1 Å². The highest BCUT2D eigenvalue weighted by Gasteiger charge is 2.19. The zero-order valence-electron chi connectivity index (χ0n) is 21.1. The van der Waals surface area contributed by atoms with Gasteiger partial charge in [0.2, 0.25) is 5.91 Å². The Labute approximate surface area is 213 Å². The summed E-state index contributed by atoms with van der Waals surface area (Å²) >= 11 is 0. The Hall–Kier alpha value is -4.53. The van der Waals surface area contributed by atoms with Crippen LogP contribution in [0.3, 0.4) is 0 Å². The zero-order valence-corrected chi connectivity index (χ0v) is 21.1. The van der Waals surface area contributed by atoms with Gasteiger partial charge in [0.25, 0.3) is 11.5 Å². The molecule has 190 valence electrons. The number of benzene rings is 2. The predicted molar refractivity (Wildman–Crippen MR) is 142 cm³/mol. The number of fused-ring (bicyclic) bond motifs is 1. The van der Waals surface area contributed by atoms with E-state index in [1.54, 1.807) is 29.9 Å². The molecule has 4 rings (SSSR count). The fraction of sp³-hybridized carbons (Fsp3) is 0.214. The number of H-pyrrole nitrogens is 1. The zero-order chi connectivity index (χ0) is 26.9. The Morgan fingerprint density at radius 3 is 2.62 bits per heavy atom. The predicted octanol–water partition coefficient (Wildman–Crippen LogP) is 4.78. The average Bonchev–Trinajstić information content (AvgIpc) is 3.27. The highest BCUT2D eigenvalue weighted by Crippen LogP contribution is 2.34. The number of anilines is 1. The normalized spacial score (nSPS) is 11.1. The third kappa shape index (κ3) is 5.20. The van der Waals surface area contributed by atoms with Gasteiger partial charge in [-0.1, -0.05) is 6.58 Å². The minimum Gasteiger partial charge on any atom is -0.348 e. The number of carbonyl (C=O) groups is 2. The van der Waals surface area contributed by atoms with Gasteiger partial charge in [-0.05, 0) is 81.3 Å². The lowest BCUT2D eigenvalue weighted by Gasteiger charge is -2.15. The summed E-state index contributed by atoms with van der Waals surface area (Å²) in [5.41, 5.74) is 4.13. The topological polar surface area (TPSA) is 109 Å². The molecule has 0 aliphatic rings. The van der Waals surface area contributed by atoms with Crippen LogP contribution < -0.4 is 16.2 Å². The SMILES string of the molecule is C=CC(=O)Nc1cc(F)ccc1-c1cc(C(=O)NCc2c(C)cc(C)[nH]c2=O)c2cnn(C(C)C)c2c1.